The maximum absolute atomic E-state index is 11.0. The van der Waals surface area contributed by atoms with Crippen molar-refractivity contribution in [1.29, 1.82) is 0 Å². The van der Waals surface area contributed by atoms with Crippen molar-refractivity contribution in [3.8, 4) is 0 Å². The van der Waals surface area contributed by atoms with Crippen LogP contribution in [0.3, 0.4) is 0 Å². The highest BCUT2D eigenvalue weighted by molar-refractivity contribution is 5.66. The van der Waals surface area contributed by atoms with Crippen molar-refractivity contribution in [2.24, 2.45) is 46.3 Å². The van der Waals surface area contributed by atoms with Crippen LogP contribution in [0.25, 0.3) is 0 Å². The minimum Gasteiger partial charge on any atom is -0.481 e. The van der Waals surface area contributed by atoms with E-state index < -0.39 is 18.2 Å². The predicted octanol–water partition coefficient (Wildman–Crippen LogP) is 4.48. The molecule has 0 spiro atoms. The third-order valence-corrected chi connectivity index (χ3v) is 10.3. The molecule has 0 aromatic rings. The molecule has 4 rings (SSSR count). The molecule has 10 atom stereocenters. The maximum atomic E-state index is 11.0. The van der Waals surface area contributed by atoms with Crippen LogP contribution >= 0.6 is 0 Å². The van der Waals surface area contributed by atoms with E-state index >= 15 is 0 Å². The summed E-state index contributed by atoms with van der Waals surface area (Å²) in [4.78, 5) is 11.0. The van der Waals surface area contributed by atoms with E-state index in [-0.39, 0.29) is 11.3 Å². The van der Waals surface area contributed by atoms with Crippen LogP contribution in [0.2, 0.25) is 0 Å². The average Bonchev–Trinajstić information content (AvgIpc) is 3.00. The normalized spacial score (nSPS) is 51.7. The van der Waals surface area contributed by atoms with E-state index in [0.29, 0.717) is 29.6 Å². The van der Waals surface area contributed by atoms with Crippen molar-refractivity contribution in [2.45, 2.75) is 97.2 Å². The molecule has 10 unspecified atom stereocenters. The van der Waals surface area contributed by atoms with Gasteiger partial charge in [0.2, 0.25) is 0 Å². The molecule has 0 aromatic heterocycles. The van der Waals surface area contributed by atoms with Crippen LogP contribution in [0.1, 0.15) is 85.0 Å². The Kier molecular flexibility index (Phi) is 5.36. The average molecular weight is 393 g/mol. The molecular weight excluding hydrogens is 352 g/mol. The molecule has 0 aliphatic heterocycles. The number of carboxylic acids is 1. The zero-order valence-electron chi connectivity index (χ0n) is 17.9. The van der Waals surface area contributed by atoms with E-state index in [1.165, 1.54) is 32.1 Å². The van der Waals surface area contributed by atoms with Gasteiger partial charge >= 0.3 is 5.97 Å². The van der Waals surface area contributed by atoms with Gasteiger partial charge in [-0.1, -0.05) is 20.8 Å². The van der Waals surface area contributed by atoms with E-state index in [0.717, 1.165) is 37.5 Å². The van der Waals surface area contributed by atoms with Gasteiger partial charge in [-0.3, -0.25) is 4.79 Å². The second-order valence-electron chi connectivity index (χ2n) is 11.3. The molecule has 4 saturated carbocycles. The third-order valence-electron chi connectivity index (χ3n) is 10.3. The Balaban J connectivity index is 1.53. The summed E-state index contributed by atoms with van der Waals surface area (Å²) in [6, 6.07) is 0. The van der Waals surface area contributed by atoms with Gasteiger partial charge in [0.25, 0.3) is 0 Å². The van der Waals surface area contributed by atoms with Gasteiger partial charge < -0.3 is 15.3 Å². The first kappa shape index (κ1) is 20.7. The molecule has 0 aromatic carbocycles. The Morgan fingerprint density at radius 3 is 2.29 bits per heavy atom. The highest BCUT2D eigenvalue weighted by Gasteiger charge is 2.61. The Hall–Kier alpha value is -0.610. The number of aliphatic carboxylic acids is 1. The zero-order valence-corrected chi connectivity index (χ0v) is 17.9. The van der Waals surface area contributed by atoms with Gasteiger partial charge in [0.15, 0.2) is 0 Å². The number of hydrogen-bond acceptors (Lipinski definition) is 3. The summed E-state index contributed by atoms with van der Waals surface area (Å²) in [5.41, 5.74) is 0.533. The van der Waals surface area contributed by atoms with Gasteiger partial charge in [0, 0.05) is 6.42 Å². The molecule has 0 amide bonds. The lowest BCUT2D eigenvalue weighted by Crippen LogP contribution is -2.58. The Morgan fingerprint density at radius 1 is 0.929 bits per heavy atom. The van der Waals surface area contributed by atoms with Gasteiger partial charge in [0.05, 0.1) is 12.2 Å². The van der Waals surface area contributed by atoms with E-state index in [1.807, 2.05) is 0 Å². The molecule has 4 fully saturated rings. The van der Waals surface area contributed by atoms with Crippen molar-refractivity contribution < 1.29 is 20.1 Å². The molecule has 4 nitrogen and oxygen atoms in total. The van der Waals surface area contributed by atoms with Crippen LogP contribution in [0, 0.1) is 46.3 Å². The summed E-state index contributed by atoms with van der Waals surface area (Å²) in [5, 5.41) is 30.0. The molecule has 0 heterocycles. The molecule has 0 radical (unpaired) electrons. The van der Waals surface area contributed by atoms with E-state index in [9.17, 15) is 15.0 Å². The Bertz CT molecular complexity index is 605. The number of aliphatic hydroxyl groups is 2. The fourth-order valence-electron chi connectivity index (χ4n) is 8.84. The van der Waals surface area contributed by atoms with Crippen molar-refractivity contribution >= 4 is 5.97 Å². The first-order valence-electron chi connectivity index (χ1n) is 11.8. The lowest BCUT2D eigenvalue weighted by molar-refractivity contribution is -0.174. The number of aliphatic hydroxyl groups excluding tert-OH is 2. The fraction of sp³-hybridized carbons (Fsp3) is 0.958. The number of rotatable bonds is 4. The van der Waals surface area contributed by atoms with Crippen molar-refractivity contribution in [3.63, 3.8) is 0 Å². The summed E-state index contributed by atoms with van der Waals surface area (Å²) in [6.45, 7) is 7.20. The maximum Gasteiger partial charge on any atom is 0.303 e. The van der Waals surface area contributed by atoms with Crippen molar-refractivity contribution in [1.82, 2.24) is 0 Å². The predicted molar refractivity (Wildman–Crippen MR) is 109 cm³/mol. The Labute approximate surface area is 170 Å². The summed E-state index contributed by atoms with van der Waals surface area (Å²) in [7, 11) is 0. The molecule has 4 aliphatic carbocycles. The minimum absolute atomic E-state index is 0.176. The van der Waals surface area contributed by atoms with Gasteiger partial charge in [0.1, 0.15) is 0 Å². The highest BCUT2D eigenvalue weighted by atomic mass is 16.4. The molecule has 0 bridgehead atoms. The summed E-state index contributed by atoms with van der Waals surface area (Å²) in [5.74, 6) is 2.92. The van der Waals surface area contributed by atoms with Gasteiger partial charge in [-0.05, 0) is 104 Å². The molecule has 0 saturated heterocycles. The molecule has 28 heavy (non-hydrogen) atoms. The second-order valence-corrected chi connectivity index (χ2v) is 11.3. The molecular formula is C24H40O4. The fourth-order valence-corrected chi connectivity index (χ4v) is 8.84. The topological polar surface area (TPSA) is 77.8 Å². The number of fused-ring (bicyclic) bond motifs is 5. The van der Waals surface area contributed by atoms with E-state index in [4.69, 9.17) is 5.11 Å². The lowest BCUT2D eigenvalue weighted by atomic mass is 9.44. The molecule has 3 N–H and O–H groups in total. The molecule has 4 heteroatoms. The summed E-state index contributed by atoms with van der Waals surface area (Å²) >= 11 is 0. The molecule has 4 aliphatic rings. The van der Waals surface area contributed by atoms with E-state index in [2.05, 4.69) is 20.8 Å². The van der Waals surface area contributed by atoms with Crippen LogP contribution in [0.15, 0.2) is 0 Å². The second kappa shape index (κ2) is 7.27. The zero-order chi connectivity index (χ0) is 20.3. The van der Waals surface area contributed by atoms with Crippen LogP contribution in [0.5, 0.6) is 0 Å². The Morgan fingerprint density at radius 2 is 1.57 bits per heavy atom. The van der Waals surface area contributed by atoms with Crippen LogP contribution < -0.4 is 0 Å². The number of carbonyl (C=O) groups is 1. The standard InChI is InChI=1S/C24H40O4/c1-14(4-9-21(26)27)16-7-8-17-15-5-6-19-22(28)20(25)11-13-24(19,3)18(15)10-12-23(16,17)2/h14-20,22,25,28H,4-13H2,1-3H3,(H,26,27). The third kappa shape index (κ3) is 3.05. The number of hydrogen-bond donors (Lipinski definition) is 3. The van der Waals surface area contributed by atoms with Crippen LogP contribution in [0.4, 0.5) is 0 Å². The smallest absolute Gasteiger partial charge is 0.303 e. The SMILES string of the molecule is CC(CCC(=O)O)C1CCC2C3CCC4C(O)C(O)CCC4(C)C3CCC12C. The highest BCUT2D eigenvalue weighted by Crippen LogP contribution is 2.68. The van der Waals surface area contributed by atoms with E-state index in [1.54, 1.807) is 0 Å². The number of carboxylic acid groups (broad SMARTS) is 1. The lowest BCUT2D eigenvalue weighted by Gasteiger charge is -2.62. The van der Waals surface area contributed by atoms with Crippen molar-refractivity contribution in [3.05, 3.63) is 0 Å². The monoisotopic (exact) mass is 392 g/mol. The van der Waals surface area contributed by atoms with Crippen molar-refractivity contribution in [2.75, 3.05) is 0 Å². The van der Waals surface area contributed by atoms with Gasteiger partial charge in [-0.2, -0.15) is 0 Å². The first-order chi connectivity index (χ1) is 13.2. The van der Waals surface area contributed by atoms with Crippen LogP contribution in [-0.2, 0) is 4.79 Å². The molecule has 160 valence electrons. The van der Waals surface area contributed by atoms with Crippen LogP contribution in [-0.4, -0.2) is 33.5 Å². The first-order valence-corrected chi connectivity index (χ1v) is 11.8. The quantitative estimate of drug-likeness (QED) is 0.659. The van der Waals surface area contributed by atoms with Gasteiger partial charge in [-0.25, -0.2) is 0 Å². The minimum atomic E-state index is -0.667. The summed E-state index contributed by atoms with van der Waals surface area (Å²) < 4.78 is 0. The largest absolute Gasteiger partial charge is 0.481 e. The van der Waals surface area contributed by atoms with Gasteiger partial charge in [-0.15, -0.1) is 0 Å². The summed E-state index contributed by atoms with van der Waals surface area (Å²) in [6.07, 6.45) is 9.13.